The van der Waals surface area contributed by atoms with Crippen molar-refractivity contribution in [2.75, 3.05) is 13.2 Å². The highest BCUT2D eigenvalue weighted by Gasteiger charge is 2.24. The maximum Gasteiger partial charge on any atom is 0.421 e. The molecule has 1 unspecified atom stereocenters. The molecule has 3 rings (SSSR count). The van der Waals surface area contributed by atoms with Gasteiger partial charge >= 0.3 is 12.1 Å². The number of unbranched alkanes of at least 4 members (excludes halogenated alkanes) is 1. The number of amides is 1. The van der Waals surface area contributed by atoms with E-state index in [1.54, 1.807) is 26.0 Å². The summed E-state index contributed by atoms with van der Waals surface area (Å²) in [6.45, 7) is 5.77. The smallest absolute Gasteiger partial charge is 0.421 e. The molecule has 204 valence electrons. The molecule has 0 fully saturated rings. The first-order chi connectivity index (χ1) is 18.3. The summed E-state index contributed by atoms with van der Waals surface area (Å²) in [6.07, 6.45) is 3.82. The fourth-order valence-corrected chi connectivity index (χ4v) is 6.16. The number of hydrogen-bond acceptors (Lipinski definition) is 8. The first-order valence-corrected chi connectivity index (χ1v) is 14.9. The monoisotopic (exact) mass is 559 g/mol. The van der Waals surface area contributed by atoms with Gasteiger partial charge in [0.1, 0.15) is 5.69 Å². The van der Waals surface area contributed by atoms with Crippen LogP contribution in [0.2, 0.25) is 0 Å². The number of carbonyl (C=O) groups excluding carboxylic acids is 2. The summed E-state index contributed by atoms with van der Waals surface area (Å²) in [5.74, 6) is -0.461. The number of H-pyrrole nitrogens is 1. The molecule has 1 atom stereocenters. The van der Waals surface area contributed by atoms with Crippen LogP contribution >= 0.6 is 11.8 Å². The van der Waals surface area contributed by atoms with E-state index in [0.29, 0.717) is 22.7 Å². The number of thioether (sulfide) groups is 1. The molecule has 0 saturated carbocycles. The molecule has 1 amide bonds. The van der Waals surface area contributed by atoms with E-state index in [0.717, 1.165) is 24.8 Å². The summed E-state index contributed by atoms with van der Waals surface area (Å²) in [4.78, 5) is 31.3. The van der Waals surface area contributed by atoms with Crippen molar-refractivity contribution in [3.05, 3.63) is 66.0 Å². The Morgan fingerprint density at radius 3 is 2.47 bits per heavy atom. The van der Waals surface area contributed by atoms with Crippen LogP contribution in [-0.4, -0.2) is 48.9 Å². The summed E-state index contributed by atoms with van der Waals surface area (Å²) in [6, 6.07) is 14.4. The van der Waals surface area contributed by atoms with E-state index in [1.807, 2.05) is 41.1 Å². The van der Waals surface area contributed by atoms with Crippen LogP contribution in [0.15, 0.2) is 64.8 Å². The molecule has 1 aromatic heterocycles. The second kappa shape index (κ2) is 14.0. The van der Waals surface area contributed by atoms with E-state index >= 15 is 0 Å². The lowest BCUT2D eigenvalue weighted by Gasteiger charge is -2.17. The van der Waals surface area contributed by atoms with Crippen molar-refractivity contribution in [2.24, 2.45) is 0 Å². The SMILES string of the molecule is CCCCC(Cc1ccc(-c2ccccc2)c(S(=O)(=O)NC(=O)OCC)c1)Sc1ncc(C(=O)OCC)[nH]1. The highest BCUT2D eigenvalue weighted by Crippen LogP contribution is 2.32. The topological polar surface area (TPSA) is 127 Å². The minimum Gasteiger partial charge on any atom is -0.461 e. The molecule has 0 radical (unpaired) electrons. The molecule has 2 N–H and O–H groups in total. The Labute approximate surface area is 227 Å². The lowest BCUT2D eigenvalue weighted by atomic mass is 10.0. The zero-order valence-electron chi connectivity index (χ0n) is 21.7. The van der Waals surface area contributed by atoms with Gasteiger partial charge in [-0.3, -0.25) is 0 Å². The van der Waals surface area contributed by atoms with Crippen molar-refractivity contribution in [1.82, 2.24) is 14.7 Å². The fourth-order valence-electron chi connectivity index (χ4n) is 3.83. The number of carbonyl (C=O) groups is 2. The van der Waals surface area contributed by atoms with Crippen LogP contribution in [0.3, 0.4) is 0 Å². The molecule has 0 spiro atoms. The van der Waals surface area contributed by atoms with Crippen molar-refractivity contribution >= 4 is 33.8 Å². The number of imidazole rings is 1. The van der Waals surface area contributed by atoms with Gasteiger partial charge in [0.25, 0.3) is 10.0 Å². The summed E-state index contributed by atoms with van der Waals surface area (Å²) >= 11 is 1.50. The summed E-state index contributed by atoms with van der Waals surface area (Å²) in [5, 5.41) is 0.652. The van der Waals surface area contributed by atoms with Gasteiger partial charge in [0, 0.05) is 10.8 Å². The highest BCUT2D eigenvalue weighted by atomic mass is 32.2. The van der Waals surface area contributed by atoms with Crippen molar-refractivity contribution < 1.29 is 27.5 Å². The number of nitrogens with zero attached hydrogens (tertiary/aromatic N) is 1. The van der Waals surface area contributed by atoms with Gasteiger partial charge in [-0.1, -0.05) is 74.0 Å². The van der Waals surface area contributed by atoms with Gasteiger partial charge in [-0.2, -0.15) is 0 Å². The first kappa shape index (κ1) is 29.2. The fraction of sp³-hybridized carbons (Fsp3) is 0.370. The number of aromatic nitrogens is 2. The van der Waals surface area contributed by atoms with Crippen LogP contribution in [0, 0.1) is 0 Å². The summed E-state index contributed by atoms with van der Waals surface area (Å²) in [5.41, 5.74) is 2.27. The average molecular weight is 560 g/mol. The highest BCUT2D eigenvalue weighted by molar-refractivity contribution is 7.99. The number of rotatable bonds is 13. The van der Waals surface area contributed by atoms with Crippen molar-refractivity contribution in [3.8, 4) is 11.1 Å². The van der Waals surface area contributed by atoms with Gasteiger partial charge in [-0.25, -0.2) is 27.7 Å². The van der Waals surface area contributed by atoms with Crippen molar-refractivity contribution in [2.45, 2.75) is 61.8 Å². The van der Waals surface area contributed by atoms with E-state index in [2.05, 4.69) is 16.9 Å². The number of aromatic amines is 1. The molecule has 9 nitrogen and oxygen atoms in total. The largest absolute Gasteiger partial charge is 0.461 e. The second-order valence-corrected chi connectivity index (χ2v) is 11.4. The van der Waals surface area contributed by atoms with Crippen LogP contribution in [0.1, 0.15) is 56.1 Å². The molecule has 0 bridgehead atoms. The number of esters is 1. The quantitative estimate of drug-likeness (QED) is 0.205. The molecule has 1 heterocycles. The van der Waals surface area contributed by atoms with Crippen LogP contribution < -0.4 is 4.72 Å². The molecule has 38 heavy (non-hydrogen) atoms. The predicted molar refractivity (Wildman–Crippen MR) is 147 cm³/mol. The zero-order valence-corrected chi connectivity index (χ0v) is 23.4. The molecule has 0 aliphatic heterocycles. The molecule has 11 heteroatoms. The van der Waals surface area contributed by atoms with Gasteiger partial charge in [-0.05, 0) is 43.9 Å². The minimum atomic E-state index is -4.21. The van der Waals surface area contributed by atoms with Crippen LogP contribution in [0.4, 0.5) is 4.79 Å². The maximum absolute atomic E-state index is 13.3. The Kier molecular flexibility index (Phi) is 10.8. The standard InChI is InChI=1S/C27H33N3O6S2/c1-4-7-13-21(37-26-28-18-23(29-26)25(31)35-5-2)16-19-14-15-22(20-11-9-8-10-12-20)24(17-19)38(33,34)30-27(32)36-6-3/h8-12,14-15,17-18,21H,4-7,13,16H2,1-3H3,(H,28,29)(H,30,32). The van der Waals surface area contributed by atoms with Gasteiger partial charge in [-0.15, -0.1) is 0 Å². The lowest BCUT2D eigenvalue weighted by Crippen LogP contribution is -2.31. The zero-order chi connectivity index (χ0) is 27.5. The number of ether oxygens (including phenoxy) is 2. The molecule has 0 aliphatic rings. The molecule has 3 aromatic rings. The van der Waals surface area contributed by atoms with E-state index < -0.39 is 22.1 Å². The summed E-state index contributed by atoms with van der Waals surface area (Å²) in [7, 11) is -4.21. The van der Waals surface area contributed by atoms with E-state index in [-0.39, 0.29) is 29.1 Å². The third-order valence-corrected chi connectivity index (χ3v) is 8.10. The first-order valence-electron chi connectivity index (χ1n) is 12.5. The molecule has 0 aliphatic carbocycles. The third-order valence-electron chi connectivity index (χ3n) is 5.58. The number of benzene rings is 2. The van der Waals surface area contributed by atoms with E-state index in [1.165, 1.54) is 18.0 Å². The van der Waals surface area contributed by atoms with Crippen molar-refractivity contribution in [3.63, 3.8) is 0 Å². The molecule has 0 saturated heterocycles. The number of nitrogens with one attached hydrogen (secondary N) is 2. The second-order valence-electron chi connectivity index (χ2n) is 8.43. The van der Waals surface area contributed by atoms with Gasteiger partial charge in [0.15, 0.2) is 5.16 Å². The number of sulfonamides is 1. The van der Waals surface area contributed by atoms with Gasteiger partial charge in [0.05, 0.1) is 24.3 Å². The number of hydrogen-bond donors (Lipinski definition) is 2. The Hall–Kier alpha value is -3.31. The predicted octanol–water partition coefficient (Wildman–Crippen LogP) is 5.58. The van der Waals surface area contributed by atoms with E-state index in [4.69, 9.17) is 9.47 Å². The van der Waals surface area contributed by atoms with Crippen LogP contribution in [0.5, 0.6) is 0 Å². The molecular formula is C27H33N3O6S2. The Balaban J connectivity index is 1.92. The van der Waals surface area contributed by atoms with E-state index in [9.17, 15) is 18.0 Å². The third kappa shape index (κ3) is 8.09. The van der Waals surface area contributed by atoms with Crippen LogP contribution in [-0.2, 0) is 25.9 Å². The molecular weight excluding hydrogens is 526 g/mol. The van der Waals surface area contributed by atoms with Crippen LogP contribution in [0.25, 0.3) is 11.1 Å². The Bertz CT molecular complexity index is 1330. The maximum atomic E-state index is 13.3. The summed E-state index contributed by atoms with van der Waals surface area (Å²) < 4.78 is 38.4. The normalized spacial score (nSPS) is 12.1. The minimum absolute atomic E-state index is 0.00362. The van der Waals surface area contributed by atoms with Gasteiger partial charge < -0.3 is 14.5 Å². The molecule has 2 aromatic carbocycles. The lowest BCUT2D eigenvalue weighted by molar-refractivity contribution is 0.0519. The Morgan fingerprint density at radius 1 is 1.05 bits per heavy atom. The van der Waals surface area contributed by atoms with Crippen molar-refractivity contribution in [1.29, 1.82) is 0 Å². The van der Waals surface area contributed by atoms with Gasteiger partial charge in [0.2, 0.25) is 0 Å². The average Bonchev–Trinajstić information content (AvgIpc) is 3.36. The Morgan fingerprint density at radius 2 is 1.79 bits per heavy atom.